The SMILES string of the molecule is Cc1noc2nc(C3CC3)cc(C(=O)NC(C(=O)O)c3ccc(Cl)c(F)c3)c12. The van der Waals surface area contributed by atoms with E-state index in [0.717, 1.165) is 18.9 Å². The van der Waals surface area contributed by atoms with Crippen molar-refractivity contribution in [3.63, 3.8) is 0 Å². The Bertz CT molecular complexity index is 1110. The summed E-state index contributed by atoms with van der Waals surface area (Å²) in [7, 11) is 0. The van der Waals surface area contributed by atoms with Crippen molar-refractivity contribution in [2.75, 3.05) is 0 Å². The highest BCUT2D eigenvalue weighted by Gasteiger charge is 2.30. The number of aryl methyl sites for hydroxylation is 1. The molecule has 0 saturated heterocycles. The number of carbonyl (C=O) groups excluding carboxylic acids is 1. The van der Waals surface area contributed by atoms with E-state index in [-0.39, 0.29) is 27.8 Å². The number of fused-ring (bicyclic) bond motifs is 1. The van der Waals surface area contributed by atoms with Crippen LogP contribution in [0.3, 0.4) is 0 Å². The fraction of sp³-hybridized carbons (Fsp3) is 0.263. The van der Waals surface area contributed by atoms with E-state index < -0.39 is 23.7 Å². The number of pyridine rings is 1. The molecular weight excluding hydrogens is 389 g/mol. The Balaban J connectivity index is 1.72. The van der Waals surface area contributed by atoms with Gasteiger partial charge in [-0.05, 0) is 43.5 Å². The average Bonchev–Trinajstić information content (AvgIpc) is 3.45. The molecule has 1 atom stereocenters. The maximum Gasteiger partial charge on any atom is 0.330 e. The number of aromatic nitrogens is 2. The van der Waals surface area contributed by atoms with Crippen LogP contribution in [0.15, 0.2) is 28.8 Å². The minimum Gasteiger partial charge on any atom is -0.479 e. The number of hydrogen-bond acceptors (Lipinski definition) is 5. The number of nitrogens with zero attached hydrogens (tertiary/aromatic N) is 2. The molecule has 0 spiro atoms. The number of amides is 1. The highest BCUT2D eigenvalue weighted by Crippen LogP contribution is 2.40. The van der Waals surface area contributed by atoms with Gasteiger partial charge in [0.15, 0.2) is 6.04 Å². The van der Waals surface area contributed by atoms with Gasteiger partial charge in [-0.25, -0.2) is 14.2 Å². The lowest BCUT2D eigenvalue weighted by molar-refractivity contribution is -0.139. The smallest absolute Gasteiger partial charge is 0.330 e. The topological polar surface area (TPSA) is 105 Å². The minimum atomic E-state index is -1.45. The second kappa shape index (κ2) is 6.87. The highest BCUT2D eigenvalue weighted by atomic mass is 35.5. The molecule has 0 bridgehead atoms. The van der Waals surface area contributed by atoms with Gasteiger partial charge in [0.25, 0.3) is 11.6 Å². The van der Waals surface area contributed by atoms with Crippen LogP contribution in [-0.2, 0) is 4.79 Å². The molecule has 4 rings (SSSR count). The lowest BCUT2D eigenvalue weighted by atomic mass is 10.0. The van der Waals surface area contributed by atoms with Crippen LogP contribution in [0.5, 0.6) is 0 Å². The summed E-state index contributed by atoms with van der Waals surface area (Å²) in [6.07, 6.45) is 1.93. The number of halogens is 2. The standard InChI is InChI=1S/C19H15ClFN3O4/c1-8-15-11(7-14(9-2-3-9)22-18(15)28-24-8)17(25)23-16(19(26)27)10-4-5-12(20)13(21)6-10/h4-7,9,16H,2-3H2,1H3,(H,23,25)(H,26,27). The Morgan fingerprint density at radius 1 is 1.36 bits per heavy atom. The van der Waals surface area contributed by atoms with Gasteiger partial charge >= 0.3 is 5.97 Å². The summed E-state index contributed by atoms with van der Waals surface area (Å²) in [6, 6.07) is 3.78. The van der Waals surface area contributed by atoms with E-state index >= 15 is 0 Å². The molecule has 0 radical (unpaired) electrons. The third-order valence-corrected chi connectivity index (χ3v) is 4.98. The van der Waals surface area contributed by atoms with Crippen LogP contribution >= 0.6 is 11.6 Å². The van der Waals surface area contributed by atoms with Crippen LogP contribution in [0.2, 0.25) is 5.02 Å². The van der Waals surface area contributed by atoms with Gasteiger partial charge in [-0.15, -0.1) is 0 Å². The van der Waals surface area contributed by atoms with Crippen LogP contribution in [0.25, 0.3) is 11.1 Å². The summed E-state index contributed by atoms with van der Waals surface area (Å²) in [5.41, 5.74) is 1.71. The first-order valence-electron chi connectivity index (χ1n) is 8.60. The summed E-state index contributed by atoms with van der Waals surface area (Å²) in [5, 5.41) is 16.1. The third kappa shape index (κ3) is 3.31. The molecule has 2 N–H and O–H groups in total. The summed E-state index contributed by atoms with van der Waals surface area (Å²) in [4.78, 5) is 29.1. The van der Waals surface area contributed by atoms with Crippen molar-refractivity contribution in [3.05, 3.63) is 57.6 Å². The zero-order valence-corrected chi connectivity index (χ0v) is 15.5. The normalized spacial score (nSPS) is 14.8. The quantitative estimate of drug-likeness (QED) is 0.672. The van der Waals surface area contributed by atoms with Crippen molar-refractivity contribution < 1.29 is 23.6 Å². The average molecular weight is 404 g/mol. The van der Waals surface area contributed by atoms with Crippen molar-refractivity contribution in [1.82, 2.24) is 15.5 Å². The number of carboxylic acid groups (broad SMARTS) is 1. The van der Waals surface area contributed by atoms with Gasteiger partial charge in [0, 0.05) is 11.6 Å². The zero-order valence-electron chi connectivity index (χ0n) is 14.7. The molecule has 1 fully saturated rings. The Labute approximate surface area is 163 Å². The van der Waals surface area contributed by atoms with Gasteiger partial charge in [0.05, 0.1) is 21.7 Å². The van der Waals surface area contributed by atoms with Crippen molar-refractivity contribution in [2.24, 2.45) is 0 Å². The molecule has 1 unspecified atom stereocenters. The van der Waals surface area contributed by atoms with Crippen LogP contribution in [0, 0.1) is 12.7 Å². The predicted octanol–water partition coefficient (Wildman–Crippen LogP) is 3.76. The summed E-state index contributed by atoms with van der Waals surface area (Å²) < 4.78 is 19.0. The molecule has 3 aromatic rings. The number of carbonyl (C=O) groups is 2. The Kier molecular flexibility index (Phi) is 4.50. The number of hydrogen-bond donors (Lipinski definition) is 2. The largest absolute Gasteiger partial charge is 0.479 e. The van der Waals surface area contributed by atoms with Crippen molar-refractivity contribution in [2.45, 2.75) is 31.7 Å². The maximum atomic E-state index is 13.8. The number of rotatable bonds is 5. The van der Waals surface area contributed by atoms with Crippen LogP contribution < -0.4 is 5.32 Å². The molecule has 9 heteroatoms. The lowest BCUT2D eigenvalue weighted by Gasteiger charge is -2.16. The minimum absolute atomic E-state index is 0.0671. The van der Waals surface area contributed by atoms with E-state index in [1.807, 2.05) is 0 Å². The van der Waals surface area contributed by atoms with Crippen molar-refractivity contribution in [1.29, 1.82) is 0 Å². The van der Waals surface area contributed by atoms with Gasteiger partial charge in [-0.2, -0.15) is 0 Å². The first kappa shape index (κ1) is 18.4. The third-order valence-electron chi connectivity index (χ3n) is 4.68. The van der Waals surface area contributed by atoms with Gasteiger partial charge in [-0.3, -0.25) is 4.79 Å². The molecule has 0 aliphatic heterocycles. The van der Waals surface area contributed by atoms with Gasteiger partial charge < -0.3 is 14.9 Å². The predicted molar refractivity (Wildman–Crippen MR) is 97.8 cm³/mol. The molecule has 1 amide bonds. The lowest BCUT2D eigenvalue weighted by Crippen LogP contribution is -2.34. The van der Waals surface area contributed by atoms with E-state index in [9.17, 15) is 19.1 Å². The van der Waals surface area contributed by atoms with Crippen LogP contribution in [0.4, 0.5) is 4.39 Å². The van der Waals surface area contributed by atoms with Crippen molar-refractivity contribution >= 4 is 34.6 Å². The van der Waals surface area contributed by atoms with Gasteiger partial charge in [-0.1, -0.05) is 22.8 Å². The summed E-state index contributed by atoms with van der Waals surface area (Å²) >= 11 is 5.66. The number of benzene rings is 1. The fourth-order valence-corrected chi connectivity index (χ4v) is 3.19. The number of aliphatic carboxylic acids is 1. The molecule has 28 heavy (non-hydrogen) atoms. The van der Waals surface area contributed by atoms with Gasteiger partial charge in [0.2, 0.25) is 0 Å². The van der Waals surface area contributed by atoms with E-state index in [4.69, 9.17) is 16.1 Å². The summed E-state index contributed by atoms with van der Waals surface area (Å²) in [6.45, 7) is 1.67. The maximum absolute atomic E-state index is 13.8. The molecule has 2 heterocycles. The van der Waals surface area contributed by atoms with E-state index in [1.165, 1.54) is 12.1 Å². The number of nitrogens with one attached hydrogen (secondary N) is 1. The Hall–Kier alpha value is -3.00. The Morgan fingerprint density at radius 3 is 2.75 bits per heavy atom. The first-order chi connectivity index (χ1) is 13.3. The van der Waals surface area contributed by atoms with E-state index in [1.54, 1.807) is 13.0 Å². The van der Waals surface area contributed by atoms with Crippen LogP contribution in [-0.4, -0.2) is 27.1 Å². The second-order valence-corrected chi connectivity index (χ2v) is 7.14. The molecule has 1 aliphatic carbocycles. The zero-order chi connectivity index (χ0) is 20.0. The van der Waals surface area contributed by atoms with E-state index in [0.29, 0.717) is 16.8 Å². The summed E-state index contributed by atoms with van der Waals surface area (Å²) in [5.74, 6) is -2.48. The molecule has 2 aromatic heterocycles. The molecular formula is C19H15ClFN3O4. The first-order valence-corrected chi connectivity index (χ1v) is 8.98. The van der Waals surface area contributed by atoms with Gasteiger partial charge in [0.1, 0.15) is 5.82 Å². The molecule has 1 aromatic carbocycles. The van der Waals surface area contributed by atoms with E-state index in [2.05, 4.69) is 15.5 Å². The molecule has 1 saturated carbocycles. The number of carboxylic acids is 1. The highest BCUT2D eigenvalue weighted by molar-refractivity contribution is 6.30. The second-order valence-electron chi connectivity index (χ2n) is 6.74. The fourth-order valence-electron chi connectivity index (χ4n) is 3.07. The molecule has 144 valence electrons. The van der Waals surface area contributed by atoms with Crippen LogP contribution in [0.1, 0.15) is 52.1 Å². The molecule has 7 nitrogen and oxygen atoms in total. The van der Waals surface area contributed by atoms with Crippen molar-refractivity contribution in [3.8, 4) is 0 Å². The monoisotopic (exact) mass is 403 g/mol. The Morgan fingerprint density at radius 2 is 2.11 bits per heavy atom. The molecule has 1 aliphatic rings.